The molecule has 1 aromatic heterocycles. The highest BCUT2D eigenvalue weighted by Gasteiger charge is 2.30. The maximum atomic E-state index is 12.3. The summed E-state index contributed by atoms with van der Waals surface area (Å²) >= 11 is 7.67. The number of anilines is 1. The molecule has 0 spiro atoms. The van der Waals surface area contributed by atoms with Crippen LogP contribution in [0.3, 0.4) is 0 Å². The lowest BCUT2D eigenvalue weighted by atomic mass is 9.89. The molecule has 2 aromatic carbocycles. The van der Waals surface area contributed by atoms with Crippen LogP contribution in [-0.2, 0) is 4.79 Å². The van der Waals surface area contributed by atoms with Gasteiger partial charge in [-0.3, -0.25) is 4.79 Å². The average molecular weight is 370 g/mol. The van der Waals surface area contributed by atoms with Gasteiger partial charge in [0.1, 0.15) is 5.75 Å². The minimum Gasteiger partial charge on any atom is -0.497 e. The Labute approximate surface area is 155 Å². The van der Waals surface area contributed by atoms with Crippen molar-refractivity contribution < 1.29 is 9.53 Å². The Morgan fingerprint density at radius 3 is 2.76 bits per heavy atom. The molecule has 0 aliphatic carbocycles. The van der Waals surface area contributed by atoms with Crippen LogP contribution in [0.4, 0.5) is 5.69 Å². The molecule has 3 nitrogen and oxygen atoms in total. The lowest BCUT2D eigenvalue weighted by Gasteiger charge is -2.24. The second kappa shape index (κ2) is 6.54. The molecule has 1 aliphatic rings. The fraction of sp³-hybridized carbons (Fsp3) is 0.150. The number of carbonyl (C=O) groups excluding carboxylic acids is 1. The van der Waals surface area contributed by atoms with E-state index >= 15 is 0 Å². The number of halogens is 1. The zero-order valence-electron chi connectivity index (χ0n) is 13.6. The summed E-state index contributed by atoms with van der Waals surface area (Å²) in [6.45, 7) is 0. The molecule has 1 aliphatic heterocycles. The minimum atomic E-state index is 0.0360. The zero-order valence-corrected chi connectivity index (χ0v) is 15.2. The standard InChI is InChI=1S/C20H16ClNO2S/c1-24-15-4-2-3-13(9-15)16-10-18(23)22-19-17(11-25-20(16)19)12-5-7-14(21)8-6-12/h2-9,11,16H,10H2,1H3,(H,22,23). The summed E-state index contributed by atoms with van der Waals surface area (Å²) < 4.78 is 5.34. The monoisotopic (exact) mass is 369 g/mol. The van der Waals surface area contributed by atoms with E-state index in [0.29, 0.717) is 11.4 Å². The lowest BCUT2D eigenvalue weighted by Crippen LogP contribution is -2.22. The van der Waals surface area contributed by atoms with Gasteiger partial charge in [0.2, 0.25) is 5.91 Å². The van der Waals surface area contributed by atoms with E-state index < -0.39 is 0 Å². The van der Waals surface area contributed by atoms with E-state index in [2.05, 4.69) is 16.8 Å². The number of hydrogen-bond acceptors (Lipinski definition) is 3. The number of amides is 1. The highest BCUT2D eigenvalue weighted by Crippen LogP contribution is 2.46. The van der Waals surface area contributed by atoms with Crippen LogP contribution in [0.25, 0.3) is 11.1 Å². The topological polar surface area (TPSA) is 38.3 Å². The van der Waals surface area contributed by atoms with Crippen molar-refractivity contribution in [1.82, 2.24) is 0 Å². The second-order valence-corrected chi connectivity index (χ2v) is 7.32. The van der Waals surface area contributed by atoms with Crippen LogP contribution in [0.5, 0.6) is 5.75 Å². The molecule has 5 heteroatoms. The number of thiophene rings is 1. The average Bonchev–Trinajstić information content (AvgIpc) is 3.05. The number of fused-ring (bicyclic) bond motifs is 1. The molecule has 1 N–H and O–H groups in total. The predicted molar refractivity (Wildman–Crippen MR) is 103 cm³/mol. The highest BCUT2D eigenvalue weighted by atomic mass is 35.5. The van der Waals surface area contributed by atoms with Gasteiger partial charge < -0.3 is 10.1 Å². The predicted octanol–water partition coefficient (Wildman–Crippen LogP) is 5.55. The Hall–Kier alpha value is -2.30. The second-order valence-electron chi connectivity index (χ2n) is 5.98. The number of ether oxygens (including phenoxy) is 1. The van der Waals surface area contributed by atoms with Crippen molar-refractivity contribution in [2.45, 2.75) is 12.3 Å². The number of nitrogens with one attached hydrogen (secondary N) is 1. The van der Waals surface area contributed by atoms with Crippen molar-refractivity contribution in [2.75, 3.05) is 12.4 Å². The summed E-state index contributed by atoms with van der Waals surface area (Å²) in [5.74, 6) is 0.887. The molecule has 2 heterocycles. The van der Waals surface area contributed by atoms with Gasteiger partial charge in [-0.05, 0) is 35.4 Å². The molecule has 126 valence electrons. The fourth-order valence-corrected chi connectivity index (χ4v) is 4.48. The Balaban J connectivity index is 1.79. The number of benzene rings is 2. The summed E-state index contributed by atoms with van der Waals surface area (Å²) in [5, 5.41) is 5.86. The number of hydrogen-bond donors (Lipinski definition) is 1. The van der Waals surface area contributed by atoms with Gasteiger partial charge in [0.05, 0.1) is 12.8 Å². The SMILES string of the molecule is COc1cccc(C2CC(=O)Nc3c(-c4ccc(Cl)cc4)csc32)c1. The number of rotatable bonds is 3. The molecule has 0 bridgehead atoms. The zero-order chi connectivity index (χ0) is 17.4. The minimum absolute atomic E-state index is 0.0360. The van der Waals surface area contributed by atoms with E-state index in [9.17, 15) is 4.79 Å². The summed E-state index contributed by atoms with van der Waals surface area (Å²) in [6.07, 6.45) is 0.445. The maximum Gasteiger partial charge on any atom is 0.225 e. The first-order valence-electron chi connectivity index (χ1n) is 7.97. The van der Waals surface area contributed by atoms with Gasteiger partial charge in [-0.2, -0.15) is 0 Å². The third-order valence-corrected chi connectivity index (χ3v) is 5.79. The van der Waals surface area contributed by atoms with Gasteiger partial charge >= 0.3 is 0 Å². The van der Waals surface area contributed by atoms with Crippen LogP contribution >= 0.6 is 22.9 Å². The van der Waals surface area contributed by atoms with Crippen LogP contribution in [0.2, 0.25) is 5.02 Å². The summed E-state index contributed by atoms with van der Waals surface area (Å²) in [6, 6.07) is 15.6. The molecule has 4 rings (SSSR count). The largest absolute Gasteiger partial charge is 0.497 e. The van der Waals surface area contributed by atoms with Crippen molar-refractivity contribution in [3.05, 3.63) is 69.4 Å². The molecule has 1 unspecified atom stereocenters. The van der Waals surface area contributed by atoms with Crippen LogP contribution in [0.1, 0.15) is 22.8 Å². The first-order chi connectivity index (χ1) is 12.2. The van der Waals surface area contributed by atoms with Gasteiger partial charge in [-0.25, -0.2) is 0 Å². The van der Waals surface area contributed by atoms with E-state index in [0.717, 1.165) is 28.1 Å². The molecule has 0 fully saturated rings. The molecular formula is C20H16ClNO2S. The maximum absolute atomic E-state index is 12.3. The summed E-state index contributed by atoms with van der Waals surface area (Å²) in [5.41, 5.74) is 4.10. The third-order valence-electron chi connectivity index (χ3n) is 4.44. The molecule has 0 saturated heterocycles. The number of carbonyl (C=O) groups is 1. The van der Waals surface area contributed by atoms with Gasteiger partial charge in [0, 0.05) is 33.2 Å². The molecular weight excluding hydrogens is 354 g/mol. The van der Waals surface area contributed by atoms with Gasteiger partial charge in [0.15, 0.2) is 0 Å². The molecule has 0 radical (unpaired) electrons. The van der Waals surface area contributed by atoms with Crippen LogP contribution in [-0.4, -0.2) is 13.0 Å². The smallest absolute Gasteiger partial charge is 0.225 e. The van der Waals surface area contributed by atoms with Gasteiger partial charge in [-0.1, -0.05) is 35.9 Å². The fourth-order valence-electron chi connectivity index (χ4n) is 3.20. The first kappa shape index (κ1) is 16.2. The third kappa shape index (κ3) is 3.03. The lowest BCUT2D eigenvalue weighted by molar-refractivity contribution is -0.116. The van der Waals surface area contributed by atoms with Crippen LogP contribution in [0, 0.1) is 0 Å². The van der Waals surface area contributed by atoms with Crippen LogP contribution in [0.15, 0.2) is 53.9 Å². The van der Waals surface area contributed by atoms with E-state index in [1.807, 2.05) is 42.5 Å². The molecule has 1 amide bonds. The Morgan fingerprint density at radius 2 is 2.00 bits per heavy atom. The van der Waals surface area contributed by atoms with Crippen molar-refractivity contribution in [3.8, 4) is 16.9 Å². The Morgan fingerprint density at radius 1 is 1.20 bits per heavy atom. The van der Waals surface area contributed by atoms with Crippen molar-refractivity contribution in [3.63, 3.8) is 0 Å². The van der Waals surface area contributed by atoms with E-state index in [1.54, 1.807) is 18.4 Å². The normalized spacial score (nSPS) is 16.2. The van der Waals surface area contributed by atoms with Gasteiger partial charge in [0.25, 0.3) is 0 Å². The van der Waals surface area contributed by atoms with E-state index in [1.165, 1.54) is 4.88 Å². The molecule has 1 atom stereocenters. The first-order valence-corrected chi connectivity index (χ1v) is 9.22. The van der Waals surface area contributed by atoms with Crippen LogP contribution < -0.4 is 10.1 Å². The van der Waals surface area contributed by atoms with E-state index in [-0.39, 0.29) is 11.8 Å². The molecule has 0 saturated carbocycles. The Bertz CT molecular complexity index is 933. The van der Waals surface area contributed by atoms with E-state index in [4.69, 9.17) is 16.3 Å². The summed E-state index contributed by atoms with van der Waals surface area (Å²) in [7, 11) is 1.65. The highest BCUT2D eigenvalue weighted by molar-refractivity contribution is 7.11. The van der Waals surface area contributed by atoms with Crippen molar-refractivity contribution in [2.24, 2.45) is 0 Å². The van der Waals surface area contributed by atoms with Crippen molar-refractivity contribution >= 4 is 34.5 Å². The molecule has 3 aromatic rings. The Kier molecular flexibility index (Phi) is 4.24. The number of methoxy groups -OCH3 is 1. The van der Waals surface area contributed by atoms with Crippen molar-refractivity contribution in [1.29, 1.82) is 0 Å². The van der Waals surface area contributed by atoms with Gasteiger partial charge in [-0.15, -0.1) is 11.3 Å². The summed E-state index contributed by atoms with van der Waals surface area (Å²) in [4.78, 5) is 13.5. The molecule has 25 heavy (non-hydrogen) atoms. The quantitative estimate of drug-likeness (QED) is 0.657.